The standard InChI is InChI=1S/C23H28N2O3/c1-17(26)19-4-6-22(27-2)21(14-19)16-25-10-8-24(9-11-25)15-18-3-5-23-20(13-18)7-12-28-23/h3-6,13-14H,7-12,15-16H2,1-2H3/p+2. The molecule has 0 saturated carbocycles. The van der Waals surface area contributed by atoms with Crippen LogP contribution < -0.4 is 19.3 Å². The van der Waals surface area contributed by atoms with Crippen molar-refractivity contribution in [2.24, 2.45) is 0 Å². The maximum absolute atomic E-state index is 11.7. The Morgan fingerprint density at radius 1 is 1.04 bits per heavy atom. The Morgan fingerprint density at radius 2 is 1.79 bits per heavy atom. The van der Waals surface area contributed by atoms with Gasteiger partial charge in [0, 0.05) is 23.1 Å². The van der Waals surface area contributed by atoms with Crippen LogP contribution in [0.15, 0.2) is 36.4 Å². The summed E-state index contributed by atoms with van der Waals surface area (Å²) < 4.78 is 11.1. The Bertz CT molecular complexity index is 857. The van der Waals surface area contributed by atoms with Crippen LogP contribution in [0.4, 0.5) is 0 Å². The average molecular weight is 383 g/mol. The largest absolute Gasteiger partial charge is 0.496 e. The molecule has 4 rings (SSSR count). The van der Waals surface area contributed by atoms with Gasteiger partial charge in [-0.3, -0.25) is 4.79 Å². The number of Topliss-reactive ketones (excluding diaryl/α,β-unsaturated/α-hetero) is 1. The molecule has 2 heterocycles. The fraction of sp³-hybridized carbons (Fsp3) is 0.435. The molecule has 0 aliphatic carbocycles. The van der Waals surface area contributed by atoms with Crippen LogP contribution >= 0.6 is 0 Å². The first-order valence-corrected chi connectivity index (χ1v) is 10.2. The number of hydrogen-bond acceptors (Lipinski definition) is 3. The number of hydrogen-bond donors (Lipinski definition) is 2. The summed E-state index contributed by atoms with van der Waals surface area (Å²) in [5.41, 5.74) is 4.67. The Kier molecular flexibility index (Phi) is 5.64. The van der Waals surface area contributed by atoms with E-state index in [0.29, 0.717) is 0 Å². The van der Waals surface area contributed by atoms with Crippen LogP contribution in [-0.4, -0.2) is 45.7 Å². The SMILES string of the molecule is COc1ccc(C(C)=O)cc1C[NH+]1CC[NH+](Cc2ccc3c(c2)CCO3)CC1. The second kappa shape index (κ2) is 8.33. The third-order valence-electron chi connectivity index (χ3n) is 6.00. The molecule has 0 atom stereocenters. The molecule has 0 aromatic heterocycles. The van der Waals surface area contributed by atoms with Crippen molar-refractivity contribution in [3.63, 3.8) is 0 Å². The lowest BCUT2D eigenvalue weighted by molar-refractivity contribution is -1.02. The molecule has 0 bridgehead atoms. The van der Waals surface area contributed by atoms with Gasteiger partial charge >= 0.3 is 0 Å². The van der Waals surface area contributed by atoms with E-state index in [0.717, 1.165) is 74.9 Å². The molecule has 0 unspecified atom stereocenters. The van der Waals surface area contributed by atoms with E-state index in [-0.39, 0.29) is 5.78 Å². The van der Waals surface area contributed by atoms with E-state index < -0.39 is 0 Å². The first-order valence-electron chi connectivity index (χ1n) is 10.2. The molecule has 0 amide bonds. The minimum Gasteiger partial charge on any atom is -0.496 e. The Hall–Kier alpha value is -2.37. The summed E-state index contributed by atoms with van der Waals surface area (Å²) in [6.45, 7) is 9.04. The maximum atomic E-state index is 11.7. The van der Waals surface area contributed by atoms with Crippen LogP contribution in [0, 0.1) is 0 Å². The van der Waals surface area contributed by atoms with Crippen LogP contribution in [-0.2, 0) is 19.5 Å². The smallest absolute Gasteiger partial charge is 0.159 e. The number of carbonyl (C=O) groups is 1. The second-order valence-electron chi connectivity index (χ2n) is 7.98. The molecule has 2 aliphatic heterocycles. The van der Waals surface area contributed by atoms with E-state index in [1.54, 1.807) is 23.8 Å². The molecule has 5 heteroatoms. The van der Waals surface area contributed by atoms with Crippen LogP contribution in [0.25, 0.3) is 0 Å². The number of piperazine rings is 1. The Balaban J connectivity index is 1.34. The lowest BCUT2D eigenvalue weighted by atomic mass is 10.1. The molecule has 0 radical (unpaired) electrons. The number of fused-ring (bicyclic) bond motifs is 1. The van der Waals surface area contributed by atoms with Gasteiger partial charge in [-0.1, -0.05) is 0 Å². The summed E-state index contributed by atoms with van der Waals surface area (Å²) in [4.78, 5) is 14.9. The lowest BCUT2D eigenvalue weighted by Crippen LogP contribution is -3.27. The van der Waals surface area contributed by atoms with Gasteiger partial charge in [-0.05, 0) is 48.9 Å². The average Bonchev–Trinajstić information content (AvgIpc) is 3.17. The van der Waals surface area contributed by atoms with E-state index in [1.807, 2.05) is 18.2 Å². The third kappa shape index (κ3) is 4.21. The summed E-state index contributed by atoms with van der Waals surface area (Å²) in [5.74, 6) is 2.05. The van der Waals surface area contributed by atoms with Crippen molar-refractivity contribution in [3.05, 3.63) is 58.7 Å². The van der Waals surface area contributed by atoms with E-state index in [2.05, 4.69) is 18.2 Å². The van der Waals surface area contributed by atoms with Crippen LogP contribution in [0.5, 0.6) is 11.5 Å². The predicted molar refractivity (Wildman–Crippen MR) is 107 cm³/mol. The molecular formula is C23H30N2O3+2. The summed E-state index contributed by atoms with van der Waals surface area (Å²) in [7, 11) is 1.70. The lowest BCUT2D eigenvalue weighted by Gasteiger charge is -2.30. The Morgan fingerprint density at radius 3 is 2.50 bits per heavy atom. The summed E-state index contributed by atoms with van der Waals surface area (Å²) in [5, 5.41) is 0. The van der Waals surface area contributed by atoms with Gasteiger partial charge in [0.15, 0.2) is 5.78 Å². The number of methoxy groups -OCH3 is 1. The minimum atomic E-state index is 0.105. The van der Waals surface area contributed by atoms with Crippen LogP contribution in [0.1, 0.15) is 34.0 Å². The highest BCUT2D eigenvalue weighted by Crippen LogP contribution is 2.25. The van der Waals surface area contributed by atoms with Crippen molar-refractivity contribution >= 4 is 5.78 Å². The van der Waals surface area contributed by atoms with Crippen LogP contribution in [0.3, 0.4) is 0 Å². The molecule has 5 nitrogen and oxygen atoms in total. The zero-order valence-corrected chi connectivity index (χ0v) is 16.8. The molecule has 0 spiro atoms. The minimum absolute atomic E-state index is 0.105. The Labute approximate surface area is 166 Å². The number of ketones is 1. The third-order valence-corrected chi connectivity index (χ3v) is 6.00. The monoisotopic (exact) mass is 382 g/mol. The molecule has 1 saturated heterocycles. The van der Waals surface area contributed by atoms with Gasteiger partial charge in [0.2, 0.25) is 0 Å². The van der Waals surface area contributed by atoms with Gasteiger partial charge in [-0.25, -0.2) is 0 Å². The van der Waals surface area contributed by atoms with Crippen molar-refractivity contribution in [2.45, 2.75) is 26.4 Å². The highest BCUT2D eigenvalue weighted by atomic mass is 16.5. The highest BCUT2D eigenvalue weighted by Gasteiger charge is 2.25. The number of quaternary nitrogens is 2. The van der Waals surface area contributed by atoms with Gasteiger partial charge < -0.3 is 19.3 Å². The molecule has 148 valence electrons. The fourth-order valence-corrected chi connectivity index (χ4v) is 4.35. The number of benzene rings is 2. The summed E-state index contributed by atoms with van der Waals surface area (Å²) in [6.07, 6.45) is 1.04. The number of nitrogens with one attached hydrogen (secondary N) is 2. The van der Waals surface area contributed by atoms with Crippen molar-refractivity contribution in [1.29, 1.82) is 0 Å². The molecule has 2 aromatic rings. The number of ether oxygens (including phenoxy) is 2. The van der Waals surface area contributed by atoms with Crippen molar-refractivity contribution in [3.8, 4) is 11.5 Å². The fourth-order valence-electron chi connectivity index (χ4n) is 4.35. The van der Waals surface area contributed by atoms with Gasteiger partial charge in [0.1, 0.15) is 50.8 Å². The van der Waals surface area contributed by atoms with E-state index >= 15 is 0 Å². The van der Waals surface area contributed by atoms with E-state index in [4.69, 9.17) is 9.47 Å². The van der Waals surface area contributed by atoms with Crippen molar-refractivity contribution in [1.82, 2.24) is 0 Å². The molecule has 28 heavy (non-hydrogen) atoms. The van der Waals surface area contributed by atoms with E-state index in [1.165, 1.54) is 11.1 Å². The zero-order chi connectivity index (χ0) is 19.5. The van der Waals surface area contributed by atoms with Gasteiger partial charge in [-0.15, -0.1) is 0 Å². The summed E-state index contributed by atoms with van der Waals surface area (Å²) in [6, 6.07) is 12.4. The maximum Gasteiger partial charge on any atom is 0.159 e. The van der Waals surface area contributed by atoms with Crippen molar-refractivity contribution < 1.29 is 24.1 Å². The second-order valence-corrected chi connectivity index (χ2v) is 7.98. The van der Waals surface area contributed by atoms with Gasteiger partial charge in [-0.2, -0.15) is 0 Å². The molecular weight excluding hydrogens is 352 g/mol. The normalized spacial score (nSPS) is 21.1. The predicted octanol–water partition coefficient (Wildman–Crippen LogP) is 0.316. The quantitative estimate of drug-likeness (QED) is 0.707. The topological polar surface area (TPSA) is 44.4 Å². The van der Waals surface area contributed by atoms with Crippen molar-refractivity contribution in [2.75, 3.05) is 39.9 Å². The van der Waals surface area contributed by atoms with E-state index in [9.17, 15) is 4.79 Å². The molecule has 2 aromatic carbocycles. The highest BCUT2D eigenvalue weighted by molar-refractivity contribution is 5.94. The van der Waals surface area contributed by atoms with Gasteiger partial charge in [0.05, 0.1) is 13.7 Å². The first-order chi connectivity index (χ1) is 13.6. The zero-order valence-electron chi connectivity index (χ0n) is 16.8. The van der Waals surface area contributed by atoms with Gasteiger partial charge in [0.25, 0.3) is 0 Å². The number of rotatable bonds is 6. The molecule has 2 N–H and O–H groups in total. The van der Waals surface area contributed by atoms with Crippen LogP contribution in [0.2, 0.25) is 0 Å². The number of carbonyl (C=O) groups excluding carboxylic acids is 1. The molecule has 1 fully saturated rings. The summed E-state index contributed by atoms with van der Waals surface area (Å²) >= 11 is 0. The molecule has 2 aliphatic rings. The first kappa shape index (κ1) is 19.0.